The van der Waals surface area contributed by atoms with Crippen molar-refractivity contribution in [3.8, 4) is 12.0 Å². The minimum Gasteiger partial charge on any atom is -0.380 e. The molecule has 6 aromatic rings. The zero-order chi connectivity index (χ0) is 37.3. The molecule has 0 atom stereocenters. The zero-order valence-electron chi connectivity index (χ0n) is 31.3. The lowest BCUT2D eigenvalue weighted by Crippen LogP contribution is -2.22. The molecule has 0 saturated heterocycles. The maximum atomic E-state index is 14.2. The molecule has 5 heteroatoms. The molecule has 1 N–H and O–H groups in total. The molecule has 0 fully saturated rings. The van der Waals surface area contributed by atoms with E-state index in [-0.39, 0.29) is 5.91 Å². The monoisotopic (exact) mass is 702 g/mol. The van der Waals surface area contributed by atoms with Gasteiger partial charge in [0.2, 0.25) is 0 Å². The molecule has 0 aliphatic carbocycles. The third-order valence-electron chi connectivity index (χ3n) is 10.1. The Hall–Kier alpha value is -6.77. The first-order chi connectivity index (χ1) is 26.3. The molecule has 0 unspecified atom stereocenters. The third kappa shape index (κ3) is 6.44. The van der Waals surface area contributed by atoms with Crippen molar-refractivity contribution >= 4 is 51.4 Å². The number of carbonyl (C=O) groups excluding carboxylic acids is 1. The van der Waals surface area contributed by atoms with Crippen molar-refractivity contribution in [1.29, 1.82) is 0 Å². The second-order valence-corrected chi connectivity index (χ2v) is 14.0. The van der Waals surface area contributed by atoms with Crippen LogP contribution in [0.25, 0.3) is 11.4 Å². The fraction of sp³-hybridized carbons (Fsp3) is 0.122. The number of hydrogen-bond acceptors (Lipinski definition) is 4. The van der Waals surface area contributed by atoms with E-state index in [1.54, 1.807) is 11.8 Å². The topological polar surface area (TPSA) is 38.8 Å². The van der Waals surface area contributed by atoms with E-state index in [0.717, 1.165) is 62.2 Å². The molecule has 2 aliphatic heterocycles. The van der Waals surface area contributed by atoms with Gasteiger partial charge in [-0.1, -0.05) is 101 Å². The zero-order valence-corrected chi connectivity index (χ0v) is 31.3. The number of amides is 1. The highest BCUT2D eigenvalue weighted by Gasteiger charge is 2.40. The summed E-state index contributed by atoms with van der Waals surface area (Å²) in [5.41, 5.74) is 16.4. The average molecular weight is 703 g/mol. The van der Waals surface area contributed by atoms with Crippen LogP contribution < -0.4 is 15.1 Å². The molecule has 264 valence electrons. The van der Waals surface area contributed by atoms with Crippen LogP contribution in [0, 0.1) is 39.7 Å². The molecule has 6 aromatic carbocycles. The highest BCUT2D eigenvalue weighted by Crippen LogP contribution is 2.43. The van der Waals surface area contributed by atoms with Gasteiger partial charge in [-0.15, -0.1) is 0 Å². The fourth-order valence-electron chi connectivity index (χ4n) is 7.27. The predicted molar refractivity (Wildman–Crippen MR) is 223 cm³/mol. The molecule has 2 aliphatic rings. The Morgan fingerprint density at radius 3 is 1.19 bits per heavy atom. The predicted octanol–water partition coefficient (Wildman–Crippen LogP) is 11.4. The quantitative estimate of drug-likeness (QED) is 0.160. The first-order valence-electron chi connectivity index (χ1n) is 18.4. The lowest BCUT2D eigenvalue weighted by molar-refractivity contribution is -0.120. The molecule has 0 aromatic heterocycles. The maximum absolute atomic E-state index is 14.2. The number of fused-ring (bicyclic) bond motifs is 1. The number of nitrogens with one attached hydrogen (secondary N) is 1. The second-order valence-electron chi connectivity index (χ2n) is 14.0. The van der Waals surface area contributed by atoms with Crippen molar-refractivity contribution < 1.29 is 4.79 Å². The fourth-order valence-corrected chi connectivity index (χ4v) is 7.27. The minimum atomic E-state index is -0.107. The smallest absolute Gasteiger partial charge is 0.272 e. The molecule has 54 heavy (non-hydrogen) atoms. The normalized spacial score (nSPS) is 13.4. The van der Waals surface area contributed by atoms with Gasteiger partial charge in [-0.25, -0.2) is 4.90 Å². The van der Waals surface area contributed by atoms with Crippen LogP contribution in [0.4, 0.5) is 34.1 Å². The summed E-state index contributed by atoms with van der Waals surface area (Å²) < 4.78 is 0. The van der Waals surface area contributed by atoms with E-state index in [0.29, 0.717) is 12.1 Å². The summed E-state index contributed by atoms with van der Waals surface area (Å²) in [6, 6.07) is 54.4. The van der Waals surface area contributed by atoms with Crippen LogP contribution in [0.2, 0.25) is 0 Å². The second kappa shape index (κ2) is 14.3. The molecule has 2 heterocycles. The SMILES string of the molecule is CC#CN1C(=O)C2=C(c3ccc(N(c4ccc(C)cc4)c4ccc(C)cc4)cc3)NCC2=C1c1ccc(N(c2ccc(C)cc2)c2ccc(C)cc2)cc1. The summed E-state index contributed by atoms with van der Waals surface area (Å²) in [6.07, 6.45) is 0. The minimum absolute atomic E-state index is 0.107. The van der Waals surface area contributed by atoms with Gasteiger partial charge < -0.3 is 15.1 Å². The van der Waals surface area contributed by atoms with Gasteiger partial charge in [0.15, 0.2) is 0 Å². The highest BCUT2D eigenvalue weighted by atomic mass is 16.2. The Labute approximate surface area is 318 Å². The summed E-state index contributed by atoms with van der Waals surface area (Å²) in [7, 11) is 0. The van der Waals surface area contributed by atoms with E-state index in [1.165, 1.54) is 22.3 Å². The number of hydrogen-bond donors (Lipinski definition) is 1. The van der Waals surface area contributed by atoms with Crippen LogP contribution >= 0.6 is 0 Å². The van der Waals surface area contributed by atoms with Crippen molar-refractivity contribution in [2.75, 3.05) is 16.3 Å². The van der Waals surface area contributed by atoms with Crippen LogP contribution in [-0.2, 0) is 4.79 Å². The van der Waals surface area contributed by atoms with Crippen LogP contribution in [0.15, 0.2) is 157 Å². The molecule has 0 bridgehead atoms. The average Bonchev–Trinajstić information content (AvgIpc) is 3.74. The van der Waals surface area contributed by atoms with Crippen LogP contribution in [-0.4, -0.2) is 17.4 Å². The van der Waals surface area contributed by atoms with E-state index in [4.69, 9.17) is 0 Å². The van der Waals surface area contributed by atoms with Gasteiger partial charge in [0.05, 0.1) is 17.0 Å². The molecule has 0 radical (unpaired) electrons. The van der Waals surface area contributed by atoms with E-state index < -0.39 is 0 Å². The Bertz CT molecular complexity index is 2370. The number of carbonyl (C=O) groups is 1. The summed E-state index contributed by atoms with van der Waals surface area (Å²) in [4.78, 5) is 20.4. The van der Waals surface area contributed by atoms with Gasteiger partial charge in [0.25, 0.3) is 5.91 Å². The maximum Gasteiger partial charge on any atom is 0.272 e. The van der Waals surface area contributed by atoms with E-state index in [9.17, 15) is 4.79 Å². The molecular formula is C49H42N4O. The van der Waals surface area contributed by atoms with Crippen LogP contribution in [0.5, 0.6) is 0 Å². The third-order valence-corrected chi connectivity index (χ3v) is 10.1. The molecule has 0 spiro atoms. The van der Waals surface area contributed by atoms with Gasteiger partial charge in [0.1, 0.15) is 0 Å². The standard InChI is InChI=1S/C49H42N4O/c1-6-31-51-48(38-17-29-44(30-18-38)53(41-23-11-35(4)12-24-41)42-25-13-36(5)14-26-42)45-32-50-47(46(45)49(51)54)37-15-27-43(28-16-37)52(39-19-7-33(2)8-20-39)40-21-9-34(3)10-22-40/h7-30,50H,32H2,1-5H3. The molecule has 8 rings (SSSR count). The first kappa shape index (κ1) is 34.3. The number of rotatable bonds is 8. The van der Waals surface area contributed by atoms with Crippen molar-refractivity contribution in [2.24, 2.45) is 0 Å². The van der Waals surface area contributed by atoms with E-state index in [2.05, 4.69) is 200 Å². The van der Waals surface area contributed by atoms with Crippen molar-refractivity contribution in [3.63, 3.8) is 0 Å². The first-order valence-corrected chi connectivity index (χ1v) is 18.4. The highest BCUT2D eigenvalue weighted by molar-refractivity contribution is 6.17. The number of aryl methyl sites for hydroxylation is 4. The summed E-state index contributed by atoms with van der Waals surface area (Å²) in [5.74, 6) is 2.88. The van der Waals surface area contributed by atoms with Gasteiger partial charge in [-0.05, 0) is 119 Å². The van der Waals surface area contributed by atoms with Gasteiger partial charge in [-0.3, -0.25) is 4.79 Å². The van der Waals surface area contributed by atoms with Crippen LogP contribution in [0.3, 0.4) is 0 Å². The van der Waals surface area contributed by atoms with Crippen molar-refractivity contribution in [3.05, 3.63) is 190 Å². The van der Waals surface area contributed by atoms with Crippen molar-refractivity contribution in [1.82, 2.24) is 10.2 Å². The summed E-state index contributed by atoms with van der Waals surface area (Å²) in [6.45, 7) is 10.7. The molecule has 0 saturated carbocycles. The Morgan fingerprint density at radius 2 is 0.833 bits per heavy atom. The number of nitrogens with zero attached hydrogens (tertiary/aromatic N) is 3. The lowest BCUT2D eigenvalue weighted by atomic mass is 10.0. The number of benzene rings is 6. The summed E-state index contributed by atoms with van der Waals surface area (Å²) in [5, 5.41) is 3.58. The Morgan fingerprint density at radius 1 is 0.500 bits per heavy atom. The molecule has 5 nitrogen and oxygen atoms in total. The van der Waals surface area contributed by atoms with Crippen LogP contribution in [0.1, 0.15) is 40.3 Å². The molecule has 1 amide bonds. The Kier molecular flexibility index (Phi) is 9.11. The van der Waals surface area contributed by atoms with Crippen molar-refractivity contribution in [2.45, 2.75) is 34.6 Å². The largest absolute Gasteiger partial charge is 0.380 e. The molecular weight excluding hydrogens is 661 g/mol. The van der Waals surface area contributed by atoms with E-state index >= 15 is 0 Å². The van der Waals surface area contributed by atoms with Gasteiger partial charge in [-0.2, -0.15) is 0 Å². The number of anilines is 6. The Balaban J connectivity index is 1.16. The summed E-state index contributed by atoms with van der Waals surface area (Å²) >= 11 is 0. The van der Waals surface area contributed by atoms with E-state index in [1.807, 2.05) is 0 Å². The lowest BCUT2D eigenvalue weighted by Gasteiger charge is -2.26. The van der Waals surface area contributed by atoms with Gasteiger partial charge in [0, 0.05) is 52.3 Å². The van der Waals surface area contributed by atoms with Gasteiger partial charge >= 0.3 is 0 Å².